The number of imidazole rings is 1. The zero-order valence-corrected chi connectivity index (χ0v) is 16.2. The molecule has 0 unspecified atom stereocenters. The summed E-state index contributed by atoms with van der Waals surface area (Å²) < 4.78 is 1.90. The molecule has 0 spiro atoms. The lowest BCUT2D eigenvalue weighted by molar-refractivity contribution is -0.128. The van der Waals surface area contributed by atoms with Gasteiger partial charge in [-0.3, -0.25) is 4.79 Å². The average Bonchev–Trinajstić information content (AvgIpc) is 3.47. The molecular formula is C22H19N7O. The molecule has 1 fully saturated rings. The van der Waals surface area contributed by atoms with Crippen molar-refractivity contribution in [3.8, 4) is 5.69 Å². The second-order valence-electron chi connectivity index (χ2n) is 7.64. The summed E-state index contributed by atoms with van der Waals surface area (Å²) in [7, 11) is 0. The van der Waals surface area contributed by atoms with Crippen molar-refractivity contribution in [1.29, 1.82) is 0 Å². The molecule has 8 nitrogen and oxygen atoms in total. The fourth-order valence-corrected chi connectivity index (χ4v) is 4.25. The molecule has 4 heterocycles. The molecule has 0 atom stereocenters. The van der Waals surface area contributed by atoms with Crippen LogP contribution in [0.1, 0.15) is 18.7 Å². The van der Waals surface area contributed by atoms with Gasteiger partial charge in [0.2, 0.25) is 5.91 Å². The number of benzene rings is 2. The number of aromatic nitrogens is 5. The Bertz CT molecular complexity index is 1450. The fourth-order valence-electron chi connectivity index (χ4n) is 4.25. The Kier molecular flexibility index (Phi) is 3.55. The van der Waals surface area contributed by atoms with Crippen molar-refractivity contribution in [3.05, 3.63) is 54.5 Å². The molecule has 1 aliphatic heterocycles. The highest BCUT2D eigenvalue weighted by Gasteiger charge is 2.22. The van der Waals surface area contributed by atoms with Crippen LogP contribution in [0.2, 0.25) is 0 Å². The number of anilines is 1. The first-order valence-corrected chi connectivity index (χ1v) is 9.96. The van der Waals surface area contributed by atoms with Crippen LogP contribution in [0.25, 0.3) is 38.5 Å². The Morgan fingerprint density at radius 1 is 1.13 bits per heavy atom. The number of carbonyl (C=O) groups is 1. The van der Waals surface area contributed by atoms with Gasteiger partial charge in [0.05, 0.1) is 35.0 Å². The molecule has 1 aliphatic rings. The Balaban J connectivity index is 1.47. The van der Waals surface area contributed by atoms with Gasteiger partial charge in [0, 0.05) is 23.7 Å². The summed E-state index contributed by atoms with van der Waals surface area (Å²) in [5, 5.41) is 6.54. The second kappa shape index (κ2) is 6.28. The third kappa shape index (κ3) is 2.53. The Morgan fingerprint density at radius 3 is 2.90 bits per heavy atom. The standard InChI is InChI=1S/C22H19N7O/c23-22-21-20(26-18(27-21)12-28-9-3-6-19(28)30)15-8-7-14(10-16(15)25-22)29-17-5-2-1-4-13(17)11-24-29/h1-2,4-5,7-8,10-11H,3,6,9,12H2,(H2,23,25)(H,26,27). The lowest BCUT2D eigenvalue weighted by Gasteiger charge is -2.12. The first-order valence-electron chi connectivity index (χ1n) is 9.96. The van der Waals surface area contributed by atoms with Crippen LogP contribution in [0.4, 0.5) is 5.82 Å². The minimum Gasteiger partial charge on any atom is -0.382 e. The minimum absolute atomic E-state index is 0.169. The number of likely N-dealkylation sites (tertiary alicyclic amines) is 1. The van der Waals surface area contributed by atoms with Gasteiger partial charge in [-0.25, -0.2) is 14.6 Å². The topological polar surface area (TPSA) is 106 Å². The van der Waals surface area contributed by atoms with Gasteiger partial charge in [0.25, 0.3) is 0 Å². The van der Waals surface area contributed by atoms with Crippen molar-refractivity contribution >= 4 is 44.6 Å². The number of carbonyl (C=O) groups excluding carboxylic acids is 1. The van der Waals surface area contributed by atoms with Gasteiger partial charge in [0.1, 0.15) is 11.3 Å². The van der Waals surface area contributed by atoms with E-state index < -0.39 is 0 Å². The van der Waals surface area contributed by atoms with Gasteiger partial charge < -0.3 is 15.6 Å². The fraction of sp³-hybridized carbons (Fsp3) is 0.182. The average molecular weight is 397 g/mol. The van der Waals surface area contributed by atoms with Crippen LogP contribution in [-0.4, -0.2) is 42.1 Å². The highest BCUT2D eigenvalue weighted by atomic mass is 16.2. The number of hydrogen-bond donors (Lipinski definition) is 2. The van der Waals surface area contributed by atoms with E-state index in [1.54, 1.807) is 0 Å². The van der Waals surface area contributed by atoms with E-state index >= 15 is 0 Å². The maximum Gasteiger partial charge on any atom is 0.223 e. The van der Waals surface area contributed by atoms with Crippen molar-refractivity contribution in [2.75, 3.05) is 12.3 Å². The summed E-state index contributed by atoms with van der Waals surface area (Å²) in [4.78, 5) is 26.3. The van der Waals surface area contributed by atoms with Crippen molar-refractivity contribution in [3.63, 3.8) is 0 Å². The summed E-state index contributed by atoms with van der Waals surface area (Å²) in [6.07, 6.45) is 3.36. The molecule has 0 radical (unpaired) electrons. The van der Waals surface area contributed by atoms with Crippen LogP contribution in [-0.2, 0) is 11.3 Å². The summed E-state index contributed by atoms with van der Waals surface area (Å²) in [6.45, 7) is 1.23. The van der Waals surface area contributed by atoms with Crippen molar-refractivity contribution in [2.45, 2.75) is 19.4 Å². The lowest BCUT2D eigenvalue weighted by Crippen LogP contribution is -2.24. The second-order valence-corrected chi connectivity index (χ2v) is 7.64. The molecule has 3 N–H and O–H groups in total. The number of H-pyrrole nitrogens is 1. The molecule has 0 bridgehead atoms. The predicted octanol–water partition coefficient (Wildman–Crippen LogP) is 3.15. The third-order valence-electron chi connectivity index (χ3n) is 5.72. The third-order valence-corrected chi connectivity index (χ3v) is 5.72. The summed E-state index contributed by atoms with van der Waals surface area (Å²) >= 11 is 0. The number of nitrogens with zero attached hydrogens (tertiary/aromatic N) is 5. The smallest absolute Gasteiger partial charge is 0.223 e. The molecule has 0 aliphatic carbocycles. The molecule has 2 aromatic carbocycles. The van der Waals surface area contributed by atoms with Gasteiger partial charge in [-0.1, -0.05) is 18.2 Å². The van der Waals surface area contributed by atoms with Gasteiger partial charge in [-0.2, -0.15) is 5.10 Å². The van der Waals surface area contributed by atoms with E-state index in [9.17, 15) is 4.79 Å². The first-order chi connectivity index (χ1) is 14.7. The molecular weight excluding hydrogens is 378 g/mol. The molecule has 30 heavy (non-hydrogen) atoms. The van der Waals surface area contributed by atoms with E-state index in [-0.39, 0.29) is 5.91 Å². The van der Waals surface area contributed by atoms with Crippen LogP contribution in [0.15, 0.2) is 48.7 Å². The number of nitrogens with one attached hydrogen (secondary N) is 1. The van der Waals surface area contributed by atoms with Gasteiger partial charge in [-0.15, -0.1) is 0 Å². The number of fused-ring (bicyclic) bond motifs is 4. The van der Waals surface area contributed by atoms with E-state index in [2.05, 4.69) is 20.1 Å². The summed E-state index contributed by atoms with van der Waals surface area (Å²) in [6, 6.07) is 14.1. The number of pyridine rings is 1. The Morgan fingerprint density at radius 2 is 2.03 bits per heavy atom. The number of nitrogen functional groups attached to an aromatic ring is 1. The SMILES string of the molecule is Nc1nc2cc(-n3ncc4ccccc43)ccc2c2[nH]c(CN3CCCC3=O)nc12. The first kappa shape index (κ1) is 17.0. The summed E-state index contributed by atoms with van der Waals surface area (Å²) in [5.74, 6) is 1.26. The molecule has 1 saturated heterocycles. The molecule has 5 aromatic rings. The molecule has 3 aromatic heterocycles. The maximum absolute atomic E-state index is 12.0. The van der Waals surface area contributed by atoms with E-state index in [1.807, 2.05) is 58.2 Å². The zero-order chi connectivity index (χ0) is 20.2. The monoisotopic (exact) mass is 397 g/mol. The van der Waals surface area contributed by atoms with Crippen molar-refractivity contribution in [1.82, 2.24) is 29.6 Å². The molecule has 8 heteroatoms. The van der Waals surface area contributed by atoms with Crippen LogP contribution in [0, 0.1) is 0 Å². The number of amides is 1. The number of rotatable bonds is 3. The molecule has 0 saturated carbocycles. The minimum atomic E-state index is 0.169. The largest absolute Gasteiger partial charge is 0.382 e. The highest BCUT2D eigenvalue weighted by Crippen LogP contribution is 2.29. The highest BCUT2D eigenvalue weighted by molar-refractivity contribution is 6.06. The number of nitrogens with two attached hydrogens (primary N) is 1. The number of hydrogen-bond acceptors (Lipinski definition) is 5. The maximum atomic E-state index is 12.0. The van der Waals surface area contributed by atoms with Crippen LogP contribution in [0.3, 0.4) is 0 Å². The van der Waals surface area contributed by atoms with Gasteiger partial charge >= 0.3 is 0 Å². The quantitative estimate of drug-likeness (QED) is 0.486. The molecule has 1 amide bonds. The lowest BCUT2D eigenvalue weighted by atomic mass is 10.1. The van der Waals surface area contributed by atoms with Gasteiger partial charge in [-0.05, 0) is 30.7 Å². The normalized spacial score (nSPS) is 14.5. The van der Waals surface area contributed by atoms with Crippen LogP contribution >= 0.6 is 0 Å². The van der Waals surface area contributed by atoms with E-state index in [0.717, 1.165) is 51.8 Å². The Labute approximate surface area is 171 Å². The zero-order valence-electron chi connectivity index (χ0n) is 16.2. The predicted molar refractivity (Wildman–Crippen MR) is 115 cm³/mol. The van der Waals surface area contributed by atoms with Crippen molar-refractivity contribution < 1.29 is 4.79 Å². The Hall–Kier alpha value is -3.94. The summed E-state index contributed by atoms with van der Waals surface area (Å²) in [5.41, 5.74) is 10.4. The number of para-hydroxylation sites is 1. The van der Waals surface area contributed by atoms with E-state index in [4.69, 9.17) is 5.73 Å². The molecule has 6 rings (SSSR count). The van der Waals surface area contributed by atoms with E-state index in [1.165, 1.54) is 0 Å². The van der Waals surface area contributed by atoms with E-state index in [0.29, 0.717) is 24.3 Å². The van der Waals surface area contributed by atoms with Gasteiger partial charge in [0.15, 0.2) is 5.82 Å². The van der Waals surface area contributed by atoms with Crippen LogP contribution in [0.5, 0.6) is 0 Å². The molecule has 148 valence electrons. The number of aromatic amines is 1. The van der Waals surface area contributed by atoms with Crippen LogP contribution < -0.4 is 5.73 Å². The van der Waals surface area contributed by atoms with Crippen molar-refractivity contribution in [2.24, 2.45) is 0 Å².